The third-order valence-corrected chi connectivity index (χ3v) is 5.57. The summed E-state index contributed by atoms with van der Waals surface area (Å²) in [7, 11) is 3.43. The first-order chi connectivity index (χ1) is 13.3. The first-order valence-electron chi connectivity index (χ1n) is 9.25. The molecule has 2 heterocycles. The number of benzene rings is 1. The highest BCUT2D eigenvalue weighted by molar-refractivity contribution is 6.03. The number of nitrogens with zero attached hydrogens (tertiary/aromatic N) is 3. The van der Waals surface area contributed by atoms with Crippen molar-refractivity contribution in [3.05, 3.63) is 27.8 Å². The van der Waals surface area contributed by atoms with Gasteiger partial charge < -0.3 is 29.9 Å². The smallest absolute Gasteiger partial charge is 0.341 e. The Morgan fingerprint density at radius 2 is 1.93 bits per heavy atom. The van der Waals surface area contributed by atoms with Crippen LogP contribution in [0.4, 0.5) is 15.8 Å². The Labute approximate surface area is 160 Å². The van der Waals surface area contributed by atoms with Crippen LogP contribution in [0.25, 0.3) is 10.9 Å². The molecular weight excluding hydrogens is 367 g/mol. The van der Waals surface area contributed by atoms with Gasteiger partial charge in [0, 0.05) is 38.4 Å². The number of fused-ring (bicyclic) bond motifs is 1. The number of nitrogens with two attached hydrogens (primary N) is 1. The Morgan fingerprint density at radius 1 is 1.29 bits per heavy atom. The second-order valence-electron chi connectivity index (χ2n) is 7.44. The Morgan fingerprint density at radius 3 is 2.46 bits per heavy atom. The Kier molecular flexibility index (Phi) is 4.41. The lowest BCUT2D eigenvalue weighted by Gasteiger charge is -2.35. The normalized spacial score (nSPS) is 17.9. The van der Waals surface area contributed by atoms with Crippen molar-refractivity contribution >= 4 is 28.2 Å². The van der Waals surface area contributed by atoms with Crippen LogP contribution in [-0.2, 0) is 0 Å². The summed E-state index contributed by atoms with van der Waals surface area (Å²) < 4.78 is 22.7. The van der Waals surface area contributed by atoms with Gasteiger partial charge >= 0.3 is 5.97 Å². The van der Waals surface area contributed by atoms with E-state index in [9.17, 15) is 14.7 Å². The molecule has 2 fully saturated rings. The molecule has 0 spiro atoms. The molecule has 4 rings (SSSR count). The van der Waals surface area contributed by atoms with E-state index in [0.29, 0.717) is 18.6 Å². The number of hydrogen-bond acceptors (Lipinski definition) is 6. The Hall–Kier alpha value is -2.81. The first kappa shape index (κ1) is 18.5. The number of anilines is 2. The fourth-order valence-corrected chi connectivity index (χ4v) is 3.86. The van der Waals surface area contributed by atoms with Gasteiger partial charge in [-0.25, -0.2) is 9.18 Å². The molecule has 28 heavy (non-hydrogen) atoms. The van der Waals surface area contributed by atoms with Crippen molar-refractivity contribution in [1.82, 2.24) is 9.47 Å². The summed E-state index contributed by atoms with van der Waals surface area (Å²) in [4.78, 5) is 28.4. The summed E-state index contributed by atoms with van der Waals surface area (Å²) in [5.74, 6) is -1.87. The number of carboxylic acids is 1. The highest BCUT2D eigenvalue weighted by Crippen LogP contribution is 2.46. The van der Waals surface area contributed by atoms with E-state index >= 15 is 4.39 Å². The predicted molar refractivity (Wildman–Crippen MR) is 104 cm³/mol. The van der Waals surface area contributed by atoms with Gasteiger partial charge in [0.15, 0.2) is 11.6 Å². The lowest BCUT2D eigenvalue weighted by molar-refractivity contribution is 0.0695. The van der Waals surface area contributed by atoms with Gasteiger partial charge in [-0.2, -0.15) is 0 Å². The monoisotopic (exact) mass is 390 g/mol. The van der Waals surface area contributed by atoms with E-state index in [1.165, 1.54) is 13.3 Å². The second-order valence-corrected chi connectivity index (χ2v) is 7.44. The number of carboxylic acid groups (broad SMARTS) is 1. The number of halogens is 1. The molecule has 0 unspecified atom stereocenters. The van der Waals surface area contributed by atoms with Gasteiger partial charge in [-0.3, -0.25) is 4.79 Å². The van der Waals surface area contributed by atoms with Crippen LogP contribution in [0.1, 0.15) is 29.2 Å². The van der Waals surface area contributed by atoms with Crippen molar-refractivity contribution in [3.63, 3.8) is 0 Å². The van der Waals surface area contributed by atoms with Crippen LogP contribution in [0, 0.1) is 5.82 Å². The number of ether oxygens (including phenoxy) is 1. The van der Waals surface area contributed by atoms with Crippen LogP contribution >= 0.6 is 0 Å². The highest BCUT2D eigenvalue weighted by Gasteiger charge is 2.33. The van der Waals surface area contributed by atoms with Gasteiger partial charge in [-0.05, 0) is 19.9 Å². The van der Waals surface area contributed by atoms with Crippen molar-refractivity contribution in [2.24, 2.45) is 0 Å². The molecule has 1 aliphatic heterocycles. The second kappa shape index (κ2) is 6.66. The van der Waals surface area contributed by atoms with Crippen molar-refractivity contribution in [2.45, 2.75) is 18.9 Å². The maximum absolute atomic E-state index is 15.4. The zero-order valence-electron chi connectivity index (χ0n) is 15.9. The van der Waals surface area contributed by atoms with Crippen LogP contribution < -0.4 is 20.8 Å². The van der Waals surface area contributed by atoms with E-state index in [1.807, 2.05) is 11.9 Å². The molecule has 0 atom stereocenters. The number of methoxy groups -OCH3 is 1. The zero-order chi connectivity index (χ0) is 20.2. The average molecular weight is 390 g/mol. The van der Waals surface area contributed by atoms with Crippen molar-refractivity contribution in [2.75, 3.05) is 51.0 Å². The fraction of sp³-hybridized carbons (Fsp3) is 0.474. The molecule has 0 radical (unpaired) electrons. The minimum absolute atomic E-state index is 0.0419. The molecule has 1 aromatic carbocycles. The first-order valence-corrected chi connectivity index (χ1v) is 9.25. The van der Waals surface area contributed by atoms with Gasteiger partial charge in [0.2, 0.25) is 5.43 Å². The number of rotatable bonds is 4. The topological polar surface area (TPSA) is 101 Å². The summed E-state index contributed by atoms with van der Waals surface area (Å²) in [6.45, 7) is 2.70. The molecule has 1 saturated carbocycles. The van der Waals surface area contributed by atoms with Crippen LogP contribution in [0.5, 0.6) is 5.75 Å². The molecule has 1 aliphatic carbocycles. The number of piperazine rings is 1. The van der Waals surface area contributed by atoms with Crippen LogP contribution in [0.3, 0.4) is 0 Å². The van der Waals surface area contributed by atoms with Crippen molar-refractivity contribution in [3.8, 4) is 5.75 Å². The minimum atomic E-state index is -1.36. The van der Waals surface area contributed by atoms with Crippen LogP contribution in [0.2, 0.25) is 0 Å². The number of aromatic nitrogens is 1. The molecular formula is C19H23FN4O4. The summed E-state index contributed by atoms with van der Waals surface area (Å²) in [6, 6.07) is 0.0419. The van der Waals surface area contributed by atoms with Crippen molar-refractivity contribution < 1.29 is 19.0 Å². The summed E-state index contributed by atoms with van der Waals surface area (Å²) in [5.41, 5.74) is 5.13. The zero-order valence-corrected chi connectivity index (χ0v) is 15.9. The standard InChI is InChI=1S/C19H23FN4O4/c1-22-5-7-23(8-6-22)16-13(20)14(21)12-15(18(16)28-2)24(10-3-4-10)9-11(17(12)25)19(26)27/h9-10H,3-8,21H2,1-2H3,(H,26,27). The molecule has 8 nitrogen and oxygen atoms in total. The highest BCUT2D eigenvalue weighted by atomic mass is 19.1. The Bertz CT molecular complexity index is 1020. The molecule has 3 N–H and O–H groups in total. The van der Waals surface area contributed by atoms with E-state index in [-0.39, 0.29) is 28.6 Å². The summed E-state index contributed by atoms with van der Waals surface area (Å²) in [5, 5.41) is 9.30. The van der Waals surface area contributed by atoms with E-state index in [4.69, 9.17) is 10.5 Å². The van der Waals surface area contributed by atoms with E-state index in [0.717, 1.165) is 25.9 Å². The maximum Gasteiger partial charge on any atom is 0.341 e. The van der Waals surface area contributed by atoms with Gasteiger partial charge in [0.1, 0.15) is 11.3 Å². The van der Waals surface area contributed by atoms with E-state index in [1.54, 1.807) is 4.57 Å². The van der Waals surface area contributed by atoms with Gasteiger partial charge in [-0.1, -0.05) is 0 Å². The minimum Gasteiger partial charge on any atom is -0.492 e. The third kappa shape index (κ3) is 2.77. The lowest BCUT2D eigenvalue weighted by atomic mass is 10.0. The van der Waals surface area contributed by atoms with Gasteiger partial charge in [0.25, 0.3) is 0 Å². The largest absolute Gasteiger partial charge is 0.492 e. The van der Waals surface area contributed by atoms with Crippen LogP contribution in [-0.4, -0.2) is 60.9 Å². The van der Waals surface area contributed by atoms with Gasteiger partial charge in [0.05, 0.1) is 23.7 Å². The maximum atomic E-state index is 15.4. The molecule has 2 aromatic rings. The third-order valence-electron chi connectivity index (χ3n) is 5.57. The summed E-state index contributed by atoms with van der Waals surface area (Å²) in [6.07, 6.45) is 3.03. The average Bonchev–Trinajstić information content (AvgIpc) is 3.50. The fourth-order valence-electron chi connectivity index (χ4n) is 3.86. The molecule has 1 aromatic heterocycles. The number of aromatic carboxylic acids is 1. The molecule has 9 heteroatoms. The van der Waals surface area contributed by atoms with E-state index < -0.39 is 22.8 Å². The van der Waals surface area contributed by atoms with E-state index in [2.05, 4.69) is 4.90 Å². The number of likely N-dealkylation sites (N-methyl/N-ethyl adjacent to an activating group) is 1. The van der Waals surface area contributed by atoms with Crippen molar-refractivity contribution in [1.29, 1.82) is 0 Å². The Balaban J connectivity index is 2.07. The molecule has 150 valence electrons. The molecule has 2 aliphatic rings. The molecule has 0 bridgehead atoms. The molecule has 1 saturated heterocycles. The SMILES string of the molecule is COc1c(N2CCN(C)CC2)c(F)c(N)c2c(=O)c(C(=O)O)cn(C3CC3)c12. The molecule has 0 amide bonds. The summed E-state index contributed by atoms with van der Waals surface area (Å²) >= 11 is 0. The lowest BCUT2D eigenvalue weighted by Crippen LogP contribution is -2.45. The quantitative estimate of drug-likeness (QED) is 0.763. The number of carbonyl (C=O) groups is 1. The number of hydrogen-bond donors (Lipinski definition) is 2. The number of nitrogen functional groups attached to an aromatic ring is 1. The van der Waals surface area contributed by atoms with Crippen LogP contribution in [0.15, 0.2) is 11.0 Å². The number of pyridine rings is 1. The predicted octanol–water partition coefficient (Wildman–Crippen LogP) is 1.52. The van der Waals surface area contributed by atoms with Gasteiger partial charge in [-0.15, -0.1) is 0 Å².